The number of methoxy groups -OCH3 is 1. The molecule has 0 radical (unpaired) electrons. The lowest BCUT2D eigenvalue weighted by Crippen LogP contribution is -2.60. The van der Waals surface area contributed by atoms with E-state index in [2.05, 4.69) is 33.9 Å². The number of aliphatic hydroxyl groups is 1. The number of ether oxygens (including phenoxy) is 14. The molecule has 17 nitrogen and oxygen atoms in total. The number of carbonyl (C=O) groups excluding carboxylic acids is 1. The van der Waals surface area contributed by atoms with E-state index in [0.29, 0.717) is 83.3 Å². The highest BCUT2D eigenvalue weighted by Gasteiger charge is 2.61. The van der Waals surface area contributed by atoms with Crippen LogP contribution in [0.4, 0.5) is 0 Å². The van der Waals surface area contributed by atoms with E-state index in [-0.39, 0.29) is 134 Å². The molecule has 12 saturated heterocycles. The van der Waals surface area contributed by atoms with Crippen LogP contribution in [0.15, 0.2) is 24.3 Å². The first-order valence-corrected chi connectivity index (χ1v) is 29.6. The van der Waals surface area contributed by atoms with Crippen LogP contribution < -0.4 is 5.73 Å². The first kappa shape index (κ1) is 54.0. The van der Waals surface area contributed by atoms with Crippen molar-refractivity contribution in [3.63, 3.8) is 0 Å². The number of rotatable bonds is 14. The molecule has 1 spiro atoms. The Kier molecular flexibility index (Phi) is 16.1. The summed E-state index contributed by atoms with van der Waals surface area (Å²) in [6.45, 7) is 16.2. The molecule has 12 heterocycles. The summed E-state index contributed by atoms with van der Waals surface area (Å²) in [7, 11) is 1.75. The lowest BCUT2D eigenvalue weighted by molar-refractivity contribution is -0.364. The number of nitrogens with two attached hydrogens (primary N) is 1. The average Bonchev–Trinajstić information content (AvgIpc) is 4.08. The maximum atomic E-state index is 13.7. The van der Waals surface area contributed by atoms with Gasteiger partial charge in [-0.25, -0.2) is 0 Å². The van der Waals surface area contributed by atoms with E-state index in [1.54, 1.807) is 7.11 Å². The Bertz CT molecular complexity index is 2030. The van der Waals surface area contributed by atoms with E-state index < -0.39 is 29.9 Å². The van der Waals surface area contributed by atoms with Gasteiger partial charge in [0.2, 0.25) is 0 Å². The zero-order valence-electron chi connectivity index (χ0n) is 45.2. The molecule has 75 heavy (non-hydrogen) atoms. The Morgan fingerprint density at radius 3 is 2.31 bits per heavy atom. The number of carbonyl (C=O) groups is 1. The monoisotopic (exact) mass is 1060 g/mol. The van der Waals surface area contributed by atoms with Crippen molar-refractivity contribution in [2.24, 2.45) is 17.6 Å². The van der Waals surface area contributed by atoms with Crippen LogP contribution in [0.1, 0.15) is 156 Å². The third-order valence-corrected chi connectivity index (χ3v) is 19.8. The summed E-state index contributed by atoms with van der Waals surface area (Å²) in [5.74, 6) is -1.17. The van der Waals surface area contributed by atoms with Crippen LogP contribution in [0, 0.1) is 11.8 Å². The van der Waals surface area contributed by atoms with Crippen LogP contribution in [-0.4, -0.2) is 177 Å². The highest BCUT2D eigenvalue weighted by Crippen LogP contribution is 2.51. The first-order chi connectivity index (χ1) is 36.2. The molecule has 0 saturated carbocycles. The standard InChI is InChI=1S/C58H89NO16/c1-7-41-33(5)30(2)18-34(64-41)8-11-42-31(3)19-36(65-42)14-16-58-27-52(62-6)56(75-58)50-25-51(74-58)55-43(70-50)12-9-35(68-55)23-53(61)67-39-22-47-46(63-29-39)24-49-48(71-47)21-38(66-49)20-45-40(60)15-17-57(73-45)26-32(4)54-44(72-57)13-10-37(28-59)69-54/h30,32,34-52,54-56,60H,3,5,7-29,59H2,1-2,4,6H3/t30-,32+,34+,35?,36+,37+,38+,39-,40+,41-,42+,43+,44+,45+,46+,47?,48?,49-,50-,51-,52-,54+,55+,56-,57+,58-/m1/s1. The topological polar surface area (TPSA) is 193 Å². The van der Waals surface area contributed by atoms with Crippen molar-refractivity contribution in [3.05, 3.63) is 24.3 Å². The third-order valence-electron chi connectivity index (χ3n) is 19.8. The maximum absolute atomic E-state index is 13.7. The summed E-state index contributed by atoms with van der Waals surface area (Å²) in [4.78, 5) is 13.7. The minimum Gasteiger partial charge on any atom is -0.460 e. The van der Waals surface area contributed by atoms with Crippen molar-refractivity contribution in [2.75, 3.05) is 20.3 Å². The lowest BCUT2D eigenvalue weighted by Gasteiger charge is -2.53. The smallest absolute Gasteiger partial charge is 0.308 e. The molecule has 12 fully saturated rings. The predicted octanol–water partition coefficient (Wildman–Crippen LogP) is 6.59. The summed E-state index contributed by atoms with van der Waals surface area (Å²) < 4.78 is 92.2. The quantitative estimate of drug-likeness (QED) is 0.140. The molecule has 4 bridgehead atoms. The van der Waals surface area contributed by atoms with Crippen molar-refractivity contribution >= 4 is 5.97 Å². The van der Waals surface area contributed by atoms with Crippen LogP contribution in [-0.2, 0) is 71.1 Å². The minimum absolute atomic E-state index is 0.0134. The molecule has 0 aromatic heterocycles. The Morgan fingerprint density at radius 1 is 0.693 bits per heavy atom. The van der Waals surface area contributed by atoms with Gasteiger partial charge in [-0.3, -0.25) is 4.79 Å². The summed E-state index contributed by atoms with van der Waals surface area (Å²) in [6.07, 6.45) is 11.8. The van der Waals surface area contributed by atoms with E-state index in [9.17, 15) is 9.90 Å². The van der Waals surface area contributed by atoms with E-state index >= 15 is 0 Å². The average molecular weight is 1060 g/mol. The molecule has 0 amide bonds. The maximum Gasteiger partial charge on any atom is 0.308 e. The summed E-state index contributed by atoms with van der Waals surface area (Å²) in [5.41, 5.74) is 8.32. The number of fused-ring (bicyclic) bond motifs is 10. The van der Waals surface area contributed by atoms with Gasteiger partial charge in [0.25, 0.3) is 0 Å². The SMILES string of the molecule is C=C1C[C@H](CC[C@]23C[C@@H](OC)[C@H](O2)[C@H]2C[C@@H](O3)[C@H]3OC(CC(=O)O[C@H]4CO[C@H]5C[C@H]6O[C@@H](C[C@@H]7O[C@@]8(CC[C@@H]7O)C[C@H](C)[C@@H]7O[C@H](CN)CC[C@@H]7O8)CC6OC5C4)CC[C@@H]3O2)O[C@H]1CC[C@H]1C[C@@H](C)C(=C)[C@@H](CC)O1. The second-order valence-electron chi connectivity index (χ2n) is 25.2. The summed E-state index contributed by atoms with van der Waals surface area (Å²) in [6, 6.07) is 0. The van der Waals surface area contributed by atoms with Crippen LogP contribution in [0.5, 0.6) is 0 Å². The van der Waals surface area contributed by atoms with Crippen LogP contribution in [0.2, 0.25) is 0 Å². The fraction of sp³-hybridized carbons (Fsp3) is 0.914. The molecular formula is C58H89NO16. The zero-order valence-corrected chi connectivity index (χ0v) is 45.2. The Morgan fingerprint density at radius 2 is 1.47 bits per heavy atom. The molecular weight excluding hydrogens is 967 g/mol. The normalized spacial score (nSPS) is 51.4. The van der Waals surface area contributed by atoms with Gasteiger partial charge in [-0.1, -0.05) is 33.9 Å². The first-order valence-electron chi connectivity index (χ1n) is 29.6. The highest BCUT2D eigenvalue weighted by atomic mass is 16.7. The molecule has 12 aliphatic rings. The molecule has 0 aromatic rings. The van der Waals surface area contributed by atoms with E-state index in [4.69, 9.17) is 72.0 Å². The lowest BCUT2D eigenvalue weighted by atomic mass is 9.81. The van der Waals surface area contributed by atoms with E-state index in [1.165, 1.54) is 5.57 Å². The molecule has 12 rings (SSSR count). The van der Waals surface area contributed by atoms with Gasteiger partial charge in [0.05, 0.1) is 129 Å². The van der Waals surface area contributed by atoms with Crippen molar-refractivity contribution in [3.8, 4) is 0 Å². The largest absolute Gasteiger partial charge is 0.460 e. The molecule has 0 aromatic carbocycles. The second kappa shape index (κ2) is 22.4. The molecule has 3 unspecified atom stereocenters. The predicted molar refractivity (Wildman–Crippen MR) is 270 cm³/mol. The summed E-state index contributed by atoms with van der Waals surface area (Å²) >= 11 is 0. The van der Waals surface area contributed by atoms with E-state index in [1.807, 2.05) is 0 Å². The van der Waals surface area contributed by atoms with Gasteiger partial charge >= 0.3 is 5.97 Å². The molecule has 0 aliphatic carbocycles. The molecule has 422 valence electrons. The Labute approximate surface area is 444 Å². The summed E-state index contributed by atoms with van der Waals surface area (Å²) in [5, 5.41) is 11.2. The molecule has 17 heteroatoms. The van der Waals surface area contributed by atoms with Crippen LogP contribution in [0.3, 0.4) is 0 Å². The minimum atomic E-state index is -0.861. The van der Waals surface area contributed by atoms with Gasteiger partial charge < -0.3 is 77.2 Å². The van der Waals surface area contributed by atoms with Gasteiger partial charge in [0, 0.05) is 71.4 Å². The Balaban J connectivity index is 0.601. The van der Waals surface area contributed by atoms with Crippen LogP contribution in [0.25, 0.3) is 0 Å². The van der Waals surface area contributed by atoms with Gasteiger partial charge in [0.15, 0.2) is 11.6 Å². The zero-order chi connectivity index (χ0) is 51.8. The number of aliphatic hydroxyl groups excluding tert-OH is 1. The van der Waals surface area contributed by atoms with Crippen molar-refractivity contribution in [1.29, 1.82) is 0 Å². The molecule has 26 atom stereocenters. The molecule has 12 aliphatic heterocycles. The number of esters is 1. The molecule has 3 N–H and O–H groups in total. The van der Waals surface area contributed by atoms with Gasteiger partial charge in [-0.15, -0.1) is 0 Å². The van der Waals surface area contributed by atoms with Crippen molar-refractivity contribution < 1.29 is 76.2 Å². The number of hydrogen-bond donors (Lipinski definition) is 2. The Hall–Kier alpha value is -1.65. The fourth-order valence-electron chi connectivity index (χ4n) is 15.9. The van der Waals surface area contributed by atoms with Crippen molar-refractivity contribution in [1.82, 2.24) is 0 Å². The second-order valence-corrected chi connectivity index (χ2v) is 25.2. The third kappa shape index (κ3) is 11.3. The van der Waals surface area contributed by atoms with Gasteiger partial charge in [0.1, 0.15) is 18.3 Å². The van der Waals surface area contributed by atoms with Gasteiger partial charge in [-0.2, -0.15) is 0 Å². The van der Waals surface area contributed by atoms with Crippen molar-refractivity contribution in [2.45, 2.75) is 301 Å². The van der Waals surface area contributed by atoms with Gasteiger partial charge in [-0.05, 0) is 93.6 Å². The highest BCUT2D eigenvalue weighted by molar-refractivity contribution is 5.70. The van der Waals surface area contributed by atoms with Crippen LogP contribution >= 0.6 is 0 Å². The van der Waals surface area contributed by atoms with E-state index in [0.717, 1.165) is 69.8 Å². The fourth-order valence-corrected chi connectivity index (χ4v) is 15.9. The number of hydrogen-bond acceptors (Lipinski definition) is 17.